The quantitative estimate of drug-likeness (QED) is 0.902. The first kappa shape index (κ1) is 18.7. The molecule has 2 rings (SSSR count). The Hall–Kier alpha value is -2.64. The number of benzene rings is 1. The number of alkyl halides is 3. The highest BCUT2D eigenvalue weighted by molar-refractivity contribution is 6.11. The summed E-state index contributed by atoms with van der Waals surface area (Å²) < 4.78 is 41.6. The number of nitrogens with zero attached hydrogens (tertiary/aromatic N) is 1. The van der Waals surface area contributed by atoms with Gasteiger partial charge < -0.3 is 10.2 Å². The van der Waals surface area contributed by atoms with Crippen molar-refractivity contribution in [1.82, 2.24) is 10.2 Å². The molecule has 0 aromatic heterocycles. The van der Waals surface area contributed by atoms with Crippen LogP contribution in [0.15, 0.2) is 41.6 Å². The maximum absolute atomic E-state index is 13.9. The SMILES string of the molecule is CC(=O)N[C@@]1(C(F)(F)F)C(=O)N(Cc2ccccc2)C(C)=C1C(C)=O. The summed E-state index contributed by atoms with van der Waals surface area (Å²) in [4.78, 5) is 37.0. The molecule has 2 amide bonds. The van der Waals surface area contributed by atoms with Crippen molar-refractivity contribution in [2.75, 3.05) is 0 Å². The van der Waals surface area contributed by atoms with Crippen molar-refractivity contribution in [3.63, 3.8) is 0 Å². The van der Waals surface area contributed by atoms with E-state index >= 15 is 0 Å². The largest absolute Gasteiger partial charge is 0.425 e. The topological polar surface area (TPSA) is 66.5 Å². The maximum Gasteiger partial charge on any atom is 0.425 e. The van der Waals surface area contributed by atoms with Gasteiger partial charge in [-0.3, -0.25) is 14.4 Å². The van der Waals surface area contributed by atoms with Gasteiger partial charge in [-0.25, -0.2) is 0 Å². The molecule has 0 saturated heterocycles. The van der Waals surface area contributed by atoms with E-state index in [1.54, 1.807) is 35.6 Å². The number of ketones is 1. The van der Waals surface area contributed by atoms with Crippen LogP contribution in [0.4, 0.5) is 13.2 Å². The second-order valence-electron chi connectivity index (χ2n) is 5.82. The van der Waals surface area contributed by atoms with Crippen molar-refractivity contribution < 1.29 is 27.6 Å². The fraction of sp³-hybridized carbons (Fsp3) is 0.353. The number of rotatable bonds is 4. The Kier molecular flexibility index (Phi) is 4.74. The average Bonchev–Trinajstić information content (AvgIpc) is 2.69. The summed E-state index contributed by atoms with van der Waals surface area (Å²) in [5.41, 5.74) is -3.63. The summed E-state index contributed by atoms with van der Waals surface area (Å²) >= 11 is 0. The van der Waals surface area contributed by atoms with Gasteiger partial charge in [-0.05, 0) is 19.4 Å². The van der Waals surface area contributed by atoms with E-state index in [0.29, 0.717) is 5.56 Å². The van der Waals surface area contributed by atoms with Gasteiger partial charge in [0.1, 0.15) is 0 Å². The van der Waals surface area contributed by atoms with Gasteiger partial charge in [0.15, 0.2) is 5.78 Å². The fourth-order valence-electron chi connectivity index (χ4n) is 3.06. The van der Waals surface area contributed by atoms with Gasteiger partial charge in [0.2, 0.25) is 11.4 Å². The number of hydrogen-bond acceptors (Lipinski definition) is 3. The molecule has 0 saturated carbocycles. The van der Waals surface area contributed by atoms with Gasteiger partial charge in [-0.1, -0.05) is 30.3 Å². The molecule has 0 bridgehead atoms. The molecule has 1 aliphatic rings. The van der Waals surface area contributed by atoms with E-state index in [4.69, 9.17) is 0 Å². The van der Waals surface area contributed by atoms with Gasteiger partial charge >= 0.3 is 6.18 Å². The van der Waals surface area contributed by atoms with Crippen LogP contribution in [0.25, 0.3) is 0 Å². The molecular weight excluding hydrogens is 337 g/mol. The van der Waals surface area contributed by atoms with Crippen LogP contribution in [-0.4, -0.2) is 34.2 Å². The number of carbonyl (C=O) groups excluding carboxylic acids is 3. The van der Waals surface area contributed by atoms with E-state index in [9.17, 15) is 27.6 Å². The van der Waals surface area contributed by atoms with Crippen molar-refractivity contribution in [3.05, 3.63) is 47.2 Å². The van der Waals surface area contributed by atoms with Gasteiger partial charge in [-0.2, -0.15) is 13.2 Å². The first-order valence-corrected chi connectivity index (χ1v) is 7.46. The molecule has 1 heterocycles. The molecule has 5 nitrogen and oxygen atoms in total. The zero-order valence-electron chi connectivity index (χ0n) is 13.9. The molecule has 0 aliphatic carbocycles. The molecule has 1 N–H and O–H groups in total. The number of carbonyl (C=O) groups is 3. The summed E-state index contributed by atoms with van der Waals surface area (Å²) in [6.07, 6.45) is -5.16. The normalized spacial score (nSPS) is 20.9. The standard InChI is InChI=1S/C17H17F3N2O3/c1-10-14(11(2)23)16(17(18,19)20,21-12(3)24)15(25)22(10)9-13-7-5-4-6-8-13/h4-8H,9H2,1-3H3,(H,21,24)/t16-/m1/s1. The minimum absolute atomic E-state index is 0.118. The Bertz CT molecular complexity index is 756. The molecule has 8 heteroatoms. The van der Waals surface area contributed by atoms with E-state index in [1.807, 2.05) is 0 Å². The molecule has 1 aromatic carbocycles. The molecule has 0 unspecified atom stereocenters. The first-order chi connectivity index (χ1) is 11.5. The molecule has 1 atom stereocenters. The van der Waals surface area contributed by atoms with E-state index in [2.05, 4.69) is 0 Å². The highest BCUT2D eigenvalue weighted by atomic mass is 19.4. The van der Waals surface area contributed by atoms with Crippen LogP contribution in [0.5, 0.6) is 0 Å². The zero-order chi connectivity index (χ0) is 19.0. The molecular formula is C17H17F3N2O3. The van der Waals surface area contributed by atoms with Gasteiger partial charge in [-0.15, -0.1) is 0 Å². The minimum Gasteiger partial charge on any atom is -0.331 e. The van der Waals surface area contributed by atoms with E-state index in [1.165, 1.54) is 6.92 Å². The predicted molar refractivity (Wildman–Crippen MR) is 83.0 cm³/mol. The molecule has 0 spiro atoms. The van der Waals surface area contributed by atoms with Gasteiger partial charge in [0, 0.05) is 12.6 Å². The molecule has 0 fully saturated rings. The van der Waals surface area contributed by atoms with Crippen molar-refractivity contribution in [1.29, 1.82) is 0 Å². The summed E-state index contributed by atoms with van der Waals surface area (Å²) in [5.74, 6) is -3.37. The monoisotopic (exact) mass is 354 g/mol. The van der Waals surface area contributed by atoms with Crippen LogP contribution in [0.1, 0.15) is 26.3 Å². The Morgan fingerprint density at radius 1 is 1.16 bits per heavy atom. The van der Waals surface area contributed by atoms with Crippen LogP contribution in [0.3, 0.4) is 0 Å². The van der Waals surface area contributed by atoms with Crippen molar-refractivity contribution in [2.24, 2.45) is 0 Å². The predicted octanol–water partition coefficient (Wildman–Crippen LogP) is 2.33. The van der Waals surface area contributed by atoms with Gasteiger partial charge in [0.25, 0.3) is 5.91 Å². The first-order valence-electron chi connectivity index (χ1n) is 7.46. The number of allylic oxidation sites excluding steroid dienone is 1. The summed E-state index contributed by atoms with van der Waals surface area (Å²) in [7, 11) is 0. The third-order valence-corrected chi connectivity index (χ3v) is 4.03. The Labute approximate surface area is 142 Å². The molecule has 25 heavy (non-hydrogen) atoms. The fourth-order valence-corrected chi connectivity index (χ4v) is 3.06. The smallest absolute Gasteiger partial charge is 0.331 e. The Morgan fingerprint density at radius 3 is 2.16 bits per heavy atom. The number of Topliss-reactive ketones (excluding diaryl/α,β-unsaturated/α-hetero) is 1. The number of halogens is 3. The van der Waals surface area contributed by atoms with E-state index in [0.717, 1.165) is 18.7 Å². The average molecular weight is 354 g/mol. The van der Waals surface area contributed by atoms with Crippen LogP contribution >= 0.6 is 0 Å². The summed E-state index contributed by atoms with van der Waals surface area (Å²) in [6, 6.07) is 8.41. The van der Waals surface area contributed by atoms with Crippen LogP contribution < -0.4 is 5.32 Å². The molecule has 1 aliphatic heterocycles. The van der Waals surface area contributed by atoms with Crippen molar-refractivity contribution >= 4 is 17.6 Å². The second kappa shape index (κ2) is 6.34. The number of nitrogens with one attached hydrogen (secondary N) is 1. The second-order valence-corrected chi connectivity index (χ2v) is 5.82. The Morgan fingerprint density at radius 2 is 1.72 bits per heavy atom. The highest BCUT2D eigenvalue weighted by Gasteiger charge is 2.69. The van der Waals surface area contributed by atoms with Crippen molar-refractivity contribution in [3.8, 4) is 0 Å². The lowest BCUT2D eigenvalue weighted by Gasteiger charge is -2.32. The van der Waals surface area contributed by atoms with Crippen molar-refractivity contribution in [2.45, 2.75) is 39.0 Å². The van der Waals surface area contributed by atoms with Gasteiger partial charge in [0.05, 0.1) is 12.1 Å². The number of hydrogen-bond donors (Lipinski definition) is 1. The molecule has 134 valence electrons. The van der Waals surface area contributed by atoms with E-state index in [-0.39, 0.29) is 12.2 Å². The third kappa shape index (κ3) is 3.04. The number of amides is 2. The van der Waals surface area contributed by atoms with Crippen LogP contribution in [0, 0.1) is 0 Å². The molecule has 0 radical (unpaired) electrons. The van der Waals surface area contributed by atoms with Crippen LogP contribution in [0.2, 0.25) is 0 Å². The zero-order valence-corrected chi connectivity index (χ0v) is 13.9. The minimum atomic E-state index is -5.16. The maximum atomic E-state index is 13.9. The lowest BCUT2D eigenvalue weighted by molar-refractivity contribution is -0.194. The Balaban J connectivity index is 2.62. The lowest BCUT2D eigenvalue weighted by Crippen LogP contribution is -2.65. The third-order valence-electron chi connectivity index (χ3n) is 4.03. The van der Waals surface area contributed by atoms with E-state index < -0.39 is 34.9 Å². The molecule has 1 aromatic rings. The highest BCUT2D eigenvalue weighted by Crippen LogP contribution is 2.45. The summed E-state index contributed by atoms with van der Waals surface area (Å²) in [6.45, 7) is 2.95. The van der Waals surface area contributed by atoms with Crippen LogP contribution in [-0.2, 0) is 20.9 Å². The summed E-state index contributed by atoms with van der Waals surface area (Å²) in [5, 5.41) is 1.69. The lowest BCUT2D eigenvalue weighted by atomic mass is 9.87.